The largest absolute Gasteiger partial charge is 0.381 e. The van der Waals surface area contributed by atoms with Crippen molar-refractivity contribution in [2.24, 2.45) is 11.3 Å². The SMILES string of the molecule is CC1(C)CC=C(c2cc(N3CCOCC3)ccc2N2CCN(CC3CCOCC3)CC2)CC1.Cl. The topological polar surface area (TPSA) is 28.2 Å². The summed E-state index contributed by atoms with van der Waals surface area (Å²) in [5.41, 5.74) is 6.28. The molecule has 1 aromatic carbocycles. The van der Waals surface area contributed by atoms with Gasteiger partial charge in [0.2, 0.25) is 0 Å². The van der Waals surface area contributed by atoms with Crippen molar-refractivity contribution in [2.75, 3.05) is 82.0 Å². The van der Waals surface area contributed by atoms with E-state index in [2.05, 4.69) is 52.8 Å². The van der Waals surface area contributed by atoms with Gasteiger partial charge in [-0.2, -0.15) is 0 Å². The number of halogens is 1. The van der Waals surface area contributed by atoms with Gasteiger partial charge >= 0.3 is 0 Å². The number of morpholine rings is 1. The Hall–Kier alpha value is -1.27. The van der Waals surface area contributed by atoms with Gasteiger partial charge in [0.1, 0.15) is 0 Å². The number of hydrogen-bond acceptors (Lipinski definition) is 5. The van der Waals surface area contributed by atoms with E-state index in [-0.39, 0.29) is 12.4 Å². The van der Waals surface area contributed by atoms with E-state index in [4.69, 9.17) is 9.47 Å². The summed E-state index contributed by atoms with van der Waals surface area (Å²) in [4.78, 5) is 7.84. The van der Waals surface area contributed by atoms with Crippen LogP contribution in [-0.4, -0.2) is 77.1 Å². The first-order chi connectivity index (χ1) is 16.1. The highest BCUT2D eigenvalue weighted by Gasteiger charge is 2.27. The molecule has 34 heavy (non-hydrogen) atoms. The number of nitrogens with zero attached hydrogens (tertiary/aromatic N) is 3. The third-order valence-electron chi connectivity index (χ3n) is 8.24. The van der Waals surface area contributed by atoms with Crippen LogP contribution in [0.3, 0.4) is 0 Å². The average molecular weight is 490 g/mol. The number of ether oxygens (including phenoxy) is 2. The number of rotatable bonds is 5. The molecular weight excluding hydrogens is 446 g/mol. The van der Waals surface area contributed by atoms with Gasteiger partial charge in [0, 0.05) is 76.0 Å². The molecule has 1 aromatic rings. The Kier molecular flexibility index (Phi) is 8.84. The molecule has 190 valence electrons. The summed E-state index contributed by atoms with van der Waals surface area (Å²) in [6.45, 7) is 16.2. The lowest BCUT2D eigenvalue weighted by Crippen LogP contribution is -2.48. The minimum atomic E-state index is 0. The standard InChI is InChI=1S/C28H43N3O2.ClH/c1-28(2)9-5-24(6-10-28)26-21-25(30-15-19-33-20-16-30)3-4-27(26)31-13-11-29(12-14-31)22-23-7-17-32-18-8-23;/h3-5,21,23H,6-20,22H2,1-2H3;1H. The van der Waals surface area contributed by atoms with E-state index in [1.54, 1.807) is 5.57 Å². The third-order valence-corrected chi connectivity index (χ3v) is 8.24. The zero-order valence-electron chi connectivity index (χ0n) is 21.3. The monoisotopic (exact) mass is 489 g/mol. The number of benzene rings is 1. The normalized spacial score (nSPS) is 24.5. The molecule has 0 bridgehead atoms. The fourth-order valence-corrected chi connectivity index (χ4v) is 5.86. The molecule has 0 aromatic heterocycles. The smallest absolute Gasteiger partial charge is 0.0642 e. The molecule has 3 heterocycles. The fraction of sp³-hybridized carbons (Fsp3) is 0.714. The van der Waals surface area contributed by atoms with Gasteiger partial charge in [-0.1, -0.05) is 19.9 Å². The maximum absolute atomic E-state index is 5.60. The molecule has 0 amide bonds. The molecule has 0 atom stereocenters. The van der Waals surface area contributed by atoms with Gasteiger partial charge in [-0.25, -0.2) is 0 Å². The van der Waals surface area contributed by atoms with Crippen LogP contribution in [0.1, 0.15) is 51.5 Å². The van der Waals surface area contributed by atoms with Gasteiger partial charge in [-0.15, -0.1) is 12.4 Å². The molecule has 3 aliphatic heterocycles. The molecule has 0 spiro atoms. The summed E-state index contributed by atoms with van der Waals surface area (Å²) in [5.74, 6) is 0.824. The molecule has 3 saturated heterocycles. The molecule has 4 aliphatic rings. The van der Waals surface area contributed by atoms with Crippen molar-refractivity contribution in [3.8, 4) is 0 Å². The molecule has 1 aliphatic carbocycles. The highest BCUT2D eigenvalue weighted by atomic mass is 35.5. The molecule has 5 rings (SSSR count). The second-order valence-electron chi connectivity index (χ2n) is 11.2. The van der Waals surface area contributed by atoms with Crippen molar-refractivity contribution >= 4 is 29.4 Å². The van der Waals surface area contributed by atoms with Crippen LogP contribution in [0.4, 0.5) is 11.4 Å². The molecule has 0 saturated carbocycles. The molecule has 0 unspecified atom stereocenters. The van der Waals surface area contributed by atoms with Gasteiger partial charge in [-0.3, -0.25) is 4.90 Å². The lowest BCUT2D eigenvalue weighted by Gasteiger charge is -2.40. The molecule has 6 heteroatoms. The van der Waals surface area contributed by atoms with Crippen molar-refractivity contribution < 1.29 is 9.47 Å². The van der Waals surface area contributed by atoms with Crippen LogP contribution in [-0.2, 0) is 9.47 Å². The lowest BCUT2D eigenvalue weighted by atomic mass is 9.76. The Bertz CT molecular complexity index is 823. The number of hydrogen-bond donors (Lipinski definition) is 0. The molecule has 0 N–H and O–H groups in total. The zero-order valence-corrected chi connectivity index (χ0v) is 22.1. The highest BCUT2D eigenvalue weighted by molar-refractivity contribution is 5.85. The Labute approximate surface area is 212 Å². The zero-order chi connectivity index (χ0) is 22.7. The first-order valence-corrected chi connectivity index (χ1v) is 13.3. The Balaban J connectivity index is 0.00000274. The minimum absolute atomic E-state index is 0. The van der Waals surface area contributed by atoms with E-state index in [0.29, 0.717) is 5.41 Å². The number of anilines is 2. The van der Waals surface area contributed by atoms with Crippen molar-refractivity contribution in [1.82, 2.24) is 4.90 Å². The number of allylic oxidation sites excluding steroid dienone is 2. The van der Waals surface area contributed by atoms with Crippen LogP contribution in [0.5, 0.6) is 0 Å². The summed E-state index contributed by atoms with van der Waals surface area (Å²) in [6.07, 6.45) is 8.65. The van der Waals surface area contributed by atoms with E-state index >= 15 is 0 Å². The summed E-state index contributed by atoms with van der Waals surface area (Å²) >= 11 is 0. The second kappa shape index (κ2) is 11.6. The fourth-order valence-electron chi connectivity index (χ4n) is 5.86. The van der Waals surface area contributed by atoms with Gasteiger partial charge in [-0.05, 0) is 67.2 Å². The minimum Gasteiger partial charge on any atom is -0.381 e. The maximum Gasteiger partial charge on any atom is 0.0642 e. The van der Waals surface area contributed by atoms with Crippen LogP contribution < -0.4 is 9.80 Å². The van der Waals surface area contributed by atoms with Gasteiger partial charge in [0.25, 0.3) is 0 Å². The van der Waals surface area contributed by atoms with Crippen LogP contribution in [0.2, 0.25) is 0 Å². The van der Waals surface area contributed by atoms with E-state index in [0.717, 1.165) is 58.5 Å². The molecule has 0 radical (unpaired) electrons. The van der Waals surface area contributed by atoms with Gasteiger partial charge in [0.05, 0.1) is 13.2 Å². The van der Waals surface area contributed by atoms with Crippen LogP contribution in [0.25, 0.3) is 5.57 Å². The van der Waals surface area contributed by atoms with E-state index < -0.39 is 0 Å². The second-order valence-corrected chi connectivity index (χ2v) is 11.2. The Morgan fingerprint density at radius 1 is 0.882 bits per heavy atom. The number of piperazine rings is 1. The van der Waals surface area contributed by atoms with Crippen molar-refractivity contribution in [3.63, 3.8) is 0 Å². The maximum atomic E-state index is 5.60. The highest BCUT2D eigenvalue weighted by Crippen LogP contribution is 2.42. The summed E-state index contributed by atoms with van der Waals surface area (Å²) in [5, 5.41) is 0. The quantitative estimate of drug-likeness (QED) is 0.574. The van der Waals surface area contributed by atoms with Crippen molar-refractivity contribution in [1.29, 1.82) is 0 Å². The first kappa shape index (κ1) is 25.8. The predicted octanol–water partition coefficient (Wildman–Crippen LogP) is 5.09. The van der Waals surface area contributed by atoms with Crippen molar-refractivity contribution in [3.05, 3.63) is 29.8 Å². The third kappa shape index (κ3) is 6.29. The van der Waals surface area contributed by atoms with Gasteiger partial charge < -0.3 is 19.3 Å². The molecular formula is C28H44ClN3O2. The van der Waals surface area contributed by atoms with Crippen LogP contribution in [0.15, 0.2) is 24.3 Å². The summed E-state index contributed by atoms with van der Waals surface area (Å²) in [6, 6.07) is 7.25. The van der Waals surface area contributed by atoms with E-state index in [1.165, 1.54) is 68.7 Å². The lowest BCUT2D eigenvalue weighted by molar-refractivity contribution is 0.0517. The first-order valence-electron chi connectivity index (χ1n) is 13.3. The Morgan fingerprint density at radius 3 is 2.26 bits per heavy atom. The average Bonchev–Trinajstić information content (AvgIpc) is 2.85. The summed E-state index contributed by atoms with van der Waals surface area (Å²) < 4.78 is 11.2. The van der Waals surface area contributed by atoms with E-state index in [1.807, 2.05) is 0 Å². The molecule has 3 fully saturated rings. The summed E-state index contributed by atoms with van der Waals surface area (Å²) in [7, 11) is 0. The predicted molar refractivity (Wildman–Crippen MR) is 145 cm³/mol. The molecule has 5 nitrogen and oxygen atoms in total. The van der Waals surface area contributed by atoms with Gasteiger partial charge in [0.15, 0.2) is 0 Å². The Morgan fingerprint density at radius 2 is 1.59 bits per heavy atom. The van der Waals surface area contributed by atoms with E-state index in [9.17, 15) is 0 Å². The van der Waals surface area contributed by atoms with Crippen LogP contribution in [0, 0.1) is 11.3 Å². The van der Waals surface area contributed by atoms with Crippen molar-refractivity contribution in [2.45, 2.75) is 46.0 Å². The van der Waals surface area contributed by atoms with Crippen LogP contribution >= 0.6 is 12.4 Å².